The van der Waals surface area contributed by atoms with Gasteiger partial charge in [0, 0.05) is 10.7 Å². The van der Waals surface area contributed by atoms with Gasteiger partial charge in [-0.1, -0.05) is 36.4 Å². The van der Waals surface area contributed by atoms with Crippen LogP contribution >= 0.6 is 113 Å². The molecule has 0 amide bonds. The number of hydrogen-bond acceptors (Lipinski definition) is 5. The lowest BCUT2D eigenvalue weighted by Gasteiger charge is -2.16. The molecule has 0 atom stereocenters. The molecule has 0 spiro atoms. The van der Waals surface area contributed by atoms with Gasteiger partial charge in [-0.05, 0) is 159 Å². The topological polar surface area (TPSA) is 75.7 Å². The number of halogens is 5. The molecule has 5 nitrogen and oxygen atoms in total. The molecule has 4 aromatic rings. The molecule has 0 heterocycles. The second kappa shape index (κ2) is 12.0. The van der Waals surface area contributed by atoms with Crippen molar-refractivity contribution in [1.82, 2.24) is 0 Å². The van der Waals surface area contributed by atoms with Gasteiger partial charge in [0.15, 0.2) is 0 Å². The molecule has 0 saturated heterocycles. The molecule has 0 aromatic heterocycles. The Morgan fingerprint density at radius 2 is 1.17 bits per heavy atom. The third kappa shape index (κ3) is 6.85. The van der Waals surface area contributed by atoms with Crippen LogP contribution in [0, 0.1) is 17.9 Å². The molecule has 0 radical (unpaired) electrons. The van der Waals surface area contributed by atoms with Crippen LogP contribution in [0.25, 0.3) is 10.8 Å². The van der Waals surface area contributed by atoms with Crippen molar-refractivity contribution in [3.63, 3.8) is 0 Å². The number of fused-ring (bicyclic) bond motifs is 1. The molecule has 0 unspecified atom stereocenters. The van der Waals surface area contributed by atoms with Gasteiger partial charge in [0.25, 0.3) is 0 Å². The summed E-state index contributed by atoms with van der Waals surface area (Å²) in [6, 6.07) is 19.5. The summed E-state index contributed by atoms with van der Waals surface area (Å²) >= 11 is 10.6. The molecule has 0 bridgehead atoms. The van der Waals surface area contributed by atoms with Crippen molar-refractivity contribution in [2.24, 2.45) is 0 Å². The first-order valence-electron chi connectivity index (χ1n) is 9.89. The molecular weight excluding hydrogens is 1030 g/mol. The van der Waals surface area contributed by atoms with E-state index in [2.05, 4.69) is 92.0 Å². The number of benzene rings is 4. The summed E-state index contributed by atoms with van der Waals surface area (Å²) < 4.78 is 50.8. The SMILES string of the molecule is O=S(=O)([O-])c1c(I)cc(OCc2ccc(COc3c(I)cc(I)cc3I)c3ccccc23)cc1I. The number of ether oxygens (including phenoxy) is 2. The normalized spacial score (nSPS) is 11.6. The van der Waals surface area contributed by atoms with Gasteiger partial charge >= 0.3 is 0 Å². The Labute approximate surface area is 271 Å². The van der Waals surface area contributed by atoms with E-state index in [0.29, 0.717) is 26.1 Å². The second-order valence-corrected chi connectivity index (χ2v) is 14.6. The molecule has 0 aliphatic carbocycles. The van der Waals surface area contributed by atoms with Gasteiger partial charge in [0.1, 0.15) is 34.8 Å². The fraction of sp³-hybridized carbons (Fsp3) is 0.0833. The van der Waals surface area contributed by atoms with Gasteiger partial charge in [-0.3, -0.25) is 0 Å². The Morgan fingerprint density at radius 3 is 1.66 bits per heavy atom. The van der Waals surface area contributed by atoms with E-state index in [1.54, 1.807) is 12.1 Å². The maximum absolute atomic E-state index is 11.5. The van der Waals surface area contributed by atoms with E-state index >= 15 is 0 Å². The molecule has 11 heteroatoms. The molecule has 4 aromatic carbocycles. The Morgan fingerprint density at radius 1 is 0.686 bits per heavy atom. The van der Waals surface area contributed by atoms with E-state index in [9.17, 15) is 13.0 Å². The predicted octanol–water partition coefficient (Wildman–Crippen LogP) is 7.92. The van der Waals surface area contributed by atoms with Crippen LogP contribution in [-0.4, -0.2) is 13.0 Å². The zero-order valence-corrected chi connectivity index (χ0v) is 29.1. The Kier molecular flexibility index (Phi) is 9.71. The van der Waals surface area contributed by atoms with Gasteiger partial charge in [0.2, 0.25) is 0 Å². The van der Waals surface area contributed by atoms with Crippen LogP contribution < -0.4 is 9.47 Å². The van der Waals surface area contributed by atoms with E-state index < -0.39 is 10.1 Å². The second-order valence-electron chi connectivity index (χ2n) is 7.38. The lowest BCUT2D eigenvalue weighted by molar-refractivity contribution is 0.301. The molecule has 0 aliphatic heterocycles. The minimum Gasteiger partial charge on any atom is -0.744 e. The highest BCUT2D eigenvalue weighted by Gasteiger charge is 2.15. The fourth-order valence-electron chi connectivity index (χ4n) is 3.51. The summed E-state index contributed by atoms with van der Waals surface area (Å²) in [5.41, 5.74) is 2.07. The molecule has 182 valence electrons. The minimum atomic E-state index is -4.55. The van der Waals surface area contributed by atoms with Gasteiger partial charge in [-0.15, -0.1) is 0 Å². The summed E-state index contributed by atoms with van der Waals surface area (Å²) in [4.78, 5) is -0.210. The van der Waals surface area contributed by atoms with Crippen molar-refractivity contribution in [3.05, 3.63) is 89.6 Å². The largest absolute Gasteiger partial charge is 0.744 e. The van der Waals surface area contributed by atoms with Crippen LogP contribution in [0.15, 0.2) is 65.6 Å². The van der Waals surface area contributed by atoms with E-state index in [0.717, 1.165) is 34.8 Å². The van der Waals surface area contributed by atoms with Crippen molar-refractivity contribution in [3.8, 4) is 11.5 Å². The molecule has 35 heavy (non-hydrogen) atoms. The lowest BCUT2D eigenvalue weighted by atomic mass is 10.0. The van der Waals surface area contributed by atoms with Crippen LogP contribution in [0.4, 0.5) is 0 Å². The van der Waals surface area contributed by atoms with Gasteiger partial charge in [-0.25, -0.2) is 8.42 Å². The van der Waals surface area contributed by atoms with Crippen LogP contribution in [0.1, 0.15) is 11.1 Å². The Balaban J connectivity index is 1.58. The lowest BCUT2D eigenvalue weighted by Crippen LogP contribution is -2.06. The summed E-state index contributed by atoms with van der Waals surface area (Å²) in [5.74, 6) is 1.39. The van der Waals surface area contributed by atoms with Gasteiger partial charge < -0.3 is 14.0 Å². The van der Waals surface area contributed by atoms with E-state index in [4.69, 9.17) is 9.47 Å². The van der Waals surface area contributed by atoms with Crippen LogP contribution in [0.3, 0.4) is 0 Å². The van der Waals surface area contributed by atoms with Crippen LogP contribution in [0.5, 0.6) is 11.5 Å². The monoisotopic (exact) mass is 1050 g/mol. The van der Waals surface area contributed by atoms with E-state index in [1.807, 2.05) is 69.4 Å². The highest BCUT2D eigenvalue weighted by atomic mass is 127. The molecule has 0 fully saturated rings. The summed E-state index contributed by atoms with van der Waals surface area (Å²) in [5, 5.41) is 2.14. The van der Waals surface area contributed by atoms with Crippen molar-refractivity contribution < 1.29 is 22.4 Å². The Bertz CT molecular complexity index is 1490. The van der Waals surface area contributed by atoms with Gasteiger partial charge in [0.05, 0.1) is 12.0 Å². The quantitative estimate of drug-likeness (QED) is 0.139. The first kappa shape index (κ1) is 28.3. The highest BCUT2D eigenvalue weighted by Crippen LogP contribution is 2.33. The predicted molar refractivity (Wildman–Crippen MR) is 177 cm³/mol. The zero-order chi connectivity index (χ0) is 25.3. The van der Waals surface area contributed by atoms with Crippen LogP contribution in [0.2, 0.25) is 0 Å². The van der Waals surface area contributed by atoms with Crippen molar-refractivity contribution >= 4 is 134 Å². The third-order valence-electron chi connectivity index (χ3n) is 5.06. The van der Waals surface area contributed by atoms with Crippen molar-refractivity contribution in [1.29, 1.82) is 0 Å². The van der Waals surface area contributed by atoms with E-state index in [1.165, 1.54) is 3.57 Å². The smallest absolute Gasteiger partial charge is 0.146 e. The summed E-state index contributed by atoms with van der Waals surface area (Å²) in [6.45, 7) is 0.736. The number of hydrogen-bond donors (Lipinski definition) is 0. The fourth-order valence-corrected chi connectivity index (χ4v) is 11.3. The van der Waals surface area contributed by atoms with Crippen molar-refractivity contribution in [2.75, 3.05) is 0 Å². The molecule has 0 N–H and O–H groups in total. The number of rotatable bonds is 7. The minimum absolute atomic E-state index is 0.210. The van der Waals surface area contributed by atoms with E-state index in [-0.39, 0.29) is 4.90 Å². The summed E-state index contributed by atoms with van der Waals surface area (Å²) in [7, 11) is -4.55. The van der Waals surface area contributed by atoms with Gasteiger partial charge in [-0.2, -0.15) is 0 Å². The first-order valence-corrected chi connectivity index (χ1v) is 16.7. The maximum Gasteiger partial charge on any atom is 0.146 e. The summed E-state index contributed by atoms with van der Waals surface area (Å²) in [6.07, 6.45) is 0. The molecule has 0 saturated carbocycles. The first-order chi connectivity index (χ1) is 16.5. The van der Waals surface area contributed by atoms with Crippen molar-refractivity contribution in [2.45, 2.75) is 18.1 Å². The molecule has 0 aliphatic rings. The third-order valence-corrected chi connectivity index (χ3v) is 10.7. The molecule has 4 rings (SSSR count). The molecular formula is C24H14I5O5S-. The zero-order valence-electron chi connectivity index (χ0n) is 17.5. The highest BCUT2D eigenvalue weighted by molar-refractivity contribution is 14.1. The standard InChI is InChI=1S/C24H15I5O5S/c25-15-7-19(26)23(20(27)8-15)34-12-14-6-5-13(17-3-1-2-4-18(14)17)11-33-16-9-21(28)24(22(29)10-16)35(30,31)32/h1-10H,11-12H2,(H,30,31,32)/p-1. The average molecular weight is 1050 g/mol. The maximum atomic E-state index is 11.5. The average Bonchev–Trinajstić information content (AvgIpc) is 2.76. The Hall–Kier alpha value is 0.300. The van der Waals surface area contributed by atoms with Crippen LogP contribution in [-0.2, 0) is 23.3 Å².